The monoisotopic (exact) mass is 318 g/mol. The molecular formula is C16H18N2OS2. The molecule has 2 aromatic heterocycles. The van der Waals surface area contributed by atoms with E-state index in [4.69, 9.17) is 0 Å². The number of thiophene rings is 1. The van der Waals surface area contributed by atoms with E-state index in [1.54, 1.807) is 35.5 Å². The van der Waals surface area contributed by atoms with E-state index in [-0.39, 0.29) is 5.91 Å². The molecule has 1 fully saturated rings. The summed E-state index contributed by atoms with van der Waals surface area (Å²) < 4.78 is 0. The van der Waals surface area contributed by atoms with Gasteiger partial charge in [0.05, 0.1) is 11.8 Å². The summed E-state index contributed by atoms with van der Waals surface area (Å²) >= 11 is 3.44. The van der Waals surface area contributed by atoms with Gasteiger partial charge in [0.1, 0.15) is 0 Å². The Balaban J connectivity index is 1.53. The van der Waals surface area contributed by atoms with Crippen LogP contribution in [0.1, 0.15) is 29.3 Å². The van der Waals surface area contributed by atoms with Crippen LogP contribution < -0.4 is 0 Å². The minimum Gasteiger partial charge on any atom is -0.334 e. The third-order valence-corrected chi connectivity index (χ3v) is 5.65. The minimum absolute atomic E-state index is 0.268. The zero-order valence-corrected chi connectivity index (χ0v) is 13.4. The van der Waals surface area contributed by atoms with Crippen LogP contribution in [0.4, 0.5) is 0 Å². The van der Waals surface area contributed by atoms with E-state index in [1.807, 2.05) is 12.1 Å². The lowest BCUT2D eigenvalue weighted by molar-refractivity contribution is -0.129. The smallest absolute Gasteiger partial charge is 0.233 e. The van der Waals surface area contributed by atoms with Crippen LogP contribution >= 0.6 is 23.1 Å². The number of nitrogens with zero attached hydrogens (tertiary/aromatic N) is 2. The van der Waals surface area contributed by atoms with E-state index in [0.717, 1.165) is 25.1 Å². The van der Waals surface area contributed by atoms with Gasteiger partial charge >= 0.3 is 0 Å². The van der Waals surface area contributed by atoms with Crippen molar-refractivity contribution in [3.8, 4) is 0 Å². The summed E-state index contributed by atoms with van der Waals surface area (Å²) in [6.07, 6.45) is 5.81. The van der Waals surface area contributed by atoms with Crippen LogP contribution in [0.5, 0.6) is 0 Å². The fourth-order valence-corrected chi connectivity index (χ4v) is 4.40. The lowest BCUT2D eigenvalue weighted by atomic mass is 10.2. The topological polar surface area (TPSA) is 33.2 Å². The van der Waals surface area contributed by atoms with Crippen LogP contribution in [-0.4, -0.2) is 28.1 Å². The highest BCUT2D eigenvalue weighted by Crippen LogP contribution is 2.34. The Kier molecular flexibility index (Phi) is 4.93. The second-order valence-electron chi connectivity index (χ2n) is 5.11. The maximum Gasteiger partial charge on any atom is 0.233 e. The van der Waals surface area contributed by atoms with Gasteiger partial charge in [-0.15, -0.1) is 23.1 Å². The Morgan fingerprint density at radius 1 is 1.38 bits per heavy atom. The highest BCUT2D eigenvalue weighted by atomic mass is 32.2. The highest BCUT2D eigenvalue weighted by molar-refractivity contribution is 7.99. The maximum absolute atomic E-state index is 12.4. The average molecular weight is 318 g/mol. The number of aromatic nitrogens is 1. The number of thioether (sulfide) groups is 1. The van der Waals surface area contributed by atoms with Gasteiger partial charge in [0.25, 0.3) is 0 Å². The van der Waals surface area contributed by atoms with Crippen molar-refractivity contribution in [2.45, 2.75) is 24.6 Å². The third-order valence-electron chi connectivity index (χ3n) is 3.69. The molecule has 21 heavy (non-hydrogen) atoms. The molecule has 110 valence electrons. The molecule has 0 radical (unpaired) electrons. The zero-order chi connectivity index (χ0) is 14.5. The number of hydrogen-bond acceptors (Lipinski definition) is 4. The number of amides is 1. The summed E-state index contributed by atoms with van der Waals surface area (Å²) in [4.78, 5) is 19.8. The Morgan fingerprint density at radius 3 is 3.00 bits per heavy atom. The molecule has 2 aromatic rings. The molecule has 0 spiro atoms. The Labute approximate surface area is 133 Å². The number of hydrogen-bond donors (Lipinski definition) is 0. The van der Waals surface area contributed by atoms with Gasteiger partial charge in [-0.25, -0.2) is 0 Å². The van der Waals surface area contributed by atoms with Gasteiger partial charge in [-0.2, -0.15) is 0 Å². The normalized spacial score (nSPS) is 18.1. The molecule has 1 unspecified atom stereocenters. The molecule has 0 aromatic carbocycles. The summed E-state index contributed by atoms with van der Waals surface area (Å²) in [6, 6.07) is 8.52. The summed E-state index contributed by atoms with van der Waals surface area (Å²) in [5.74, 6) is 1.70. The molecule has 5 heteroatoms. The molecule has 1 saturated heterocycles. The van der Waals surface area contributed by atoms with Gasteiger partial charge in [0.2, 0.25) is 5.91 Å². The van der Waals surface area contributed by atoms with E-state index >= 15 is 0 Å². The van der Waals surface area contributed by atoms with E-state index < -0.39 is 0 Å². The number of pyridine rings is 1. The molecule has 0 bridgehead atoms. The molecule has 1 amide bonds. The largest absolute Gasteiger partial charge is 0.334 e. The highest BCUT2D eigenvalue weighted by Gasteiger charge is 2.30. The summed E-state index contributed by atoms with van der Waals surface area (Å²) in [7, 11) is 0. The van der Waals surface area contributed by atoms with Crippen molar-refractivity contribution in [3.63, 3.8) is 0 Å². The van der Waals surface area contributed by atoms with Gasteiger partial charge in [-0.1, -0.05) is 6.07 Å². The quantitative estimate of drug-likeness (QED) is 0.842. The van der Waals surface area contributed by atoms with Crippen molar-refractivity contribution in [3.05, 3.63) is 52.5 Å². The minimum atomic E-state index is 0.268. The first-order valence-corrected chi connectivity index (χ1v) is 9.17. The van der Waals surface area contributed by atoms with Crippen molar-refractivity contribution in [2.24, 2.45) is 0 Å². The summed E-state index contributed by atoms with van der Waals surface area (Å²) in [5.41, 5.74) is 1.22. The maximum atomic E-state index is 12.4. The fraction of sp³-hybridized carbons (Fsp3) is 0.375. The second-order valence-corrected chi connectivity index (χ2v) is 7.07. The Hall–Kier alpha value is -1.33. The molecular weight excluding hydrogens is 300 g/mol. The van der Waals surface area contributed by atoms with E-state index in [1.165, 1.54) is 10.4 Å². The van der Waals surface area contributed by atoms with Gasteiger partial charge < -0.3 is 4.90 Å². The zero-order valence-electron chi connectivity index (χ0n) is 11.8. The SMILES string of the molecule is O=C(CSCc1ccncc1)N1CCCC1c1cccs1. The predicted octanol–water partition coefficient (Wildman–Crippen LogP) is 3.74. The third kappa shape index (κ3) is 3.66. The standard InChI is InChI=1S/C16H18N2OS2/c19-16(12-20-11-13-5-7-17-8-6-13)18-9-1-3-14(18)15-4-2-10-21-15/h2,4-8,10,14H,1,3,9,11-12H2. The number of likely N-dealkylation sites (tertiary alicyclic amines) is 1. The summed E-state index contributed by atoms with van der Waals surface area (Å²) in [6.45, 7) is 0.900. The fourth-order valence-electron chi connectivity index (χ4n) is 2.66. The van der Waals surface area contributed by atoms with Crippen LogP contribution in [0.2, 0.25) is 0 Å². The predicted molar refractivity (Wildman–Crippen MR) is 88.4 cm³/mol. The number of carbonyl (C=O) groups is 1. The van der Waals surface area contributed by atoms with E-state index in [2.05, 4.69) is 27.4 Å². The molecule has 1 aliphatic heterocycles. The van der Waals surface area contributed by atoms with Gasteiger partial charge in [0.15, 0.2) is 0 Å². The van der Waals surface area contributed by atoms with Crippen LogP contribution in [0.3, 0.4) is 0 Å². The van der Waals surface area contributed by atoms with Crippen molar-refractivity contribution in [1.29, 1.82) is 0 Å². The van der Waals surface area contributed by atoms with Crippen molar-refractivity contribution < 1.29 is 4.79 Å². The lowest BCUT2D eigenvalue weighted by Gasteiger charge is -2.23. The molecule has 3 rings (SSSR count). The van der Waals surface area contributed by atoms with Crippen LogP contribution in [0.15, 0.2) is 42.0 Å². The first-order valence-electron chi connectivity index (χ1n) is 7.14. The second kappa shape index (κ2) is 7.09. The first-order chi connectivity index (χ1) is 10.3. The Morgan fingerprint density at radius 2 is 2.24 bits per heavy atom. The molecule has 0 N–H and O–H groups in total. The first kappa shape index (κ1) is 14.6. The van der Waals surface area contributed by atoms with Crippen LogP contribution in [0, 0.1) is 0 Å². The van der Waals surface area contributed by atoms with E-state index in [9.17, 15) is 4.79 Å². The molecule has 1 atom stereocenters. The number of rotatable bonds is 5. The van der Waals surface area contributed by atoms with Gasteiger partial charge in [0, 0.05) is 29.6 Å². The molecule has 3 heterocycles. The van der Waals surface area contributed by atoms with Crippen molar-refractivity contribution in [2.75, 3.05) is 12.3 Å². The summed E-state index contributed by atoms with van der Waals surface area (Å²) in [5, 5.41) is 2.09. The molecule has 0 saturated carbocycles. The molecule has 1 aliphatic rings. The average Bonchev–Trinajstić information content (AvgIpc) is 3.19. The molecule has 3 nitrogen and oxygen atoms in total. The number of carbonyl (C=O) groups excluding carboxylic acids is 1. The van der Waals surface area contributed by atoms with Crippen LogP contribution in [-0.2, 0) is 10.5 Å². The van der Waals surface area contributed by atoms with Gasteiger partial charge in [-0.05, 0) is 42.0 Å². The van der Waals surface area contributed by atoms with Crippen molar-refractivity contribution >= 4 is 29.0 Å². The lowest BCUT2D eigenvalue weighted by Crippen LogP contribution is -2.31. The molecule has 0 aliphatic carbocycles. The Bertz CT molecular complexity index is 571. The van der Waals surface area contributed by atoms with Gasteiger partial charge in [-0.3, -0.25) is 9.78 Å². The van der Waals surface area contributed by atoms with Crippen molar-refractivity contribution in [1.82, 2.24) is 9.88 Å². The van der Waals surface area contributed by atoms with Crippen LogP contribution in [0.25, 0.3) is 0 Å². The van der Waals surface area contributed by atoms with E-state index in [0.29, 0.717) is 11.8 Å².